The van der Waals surface area contributed by atoms with Crippen LogP contribution in [0.3, 0.4) is 0 Å². The van der Waals surface area contributed by atoms with E-state index in [0.29, 0.717) is 23.4 Å². The molecule has 0 spiro atoms. The van der Waals surface area contributed by atoms with E-state index < -0.39 is 0 Å². The Labute approximate surface area is 282 Å². The van der Waals surface area contributed by atoms with Crippen molar-refractivity contribution < 1.29 is 8.83 Å². The number of para-hydroxylation sites is 2. The molecule has 1 aliphatic rings. The standard InChI is InChI=1S/C44H31N3O2/c1-25(2)44(3)33-20-22-38-40(31-14-8-10-16-36(31)49-38)39(33)30-19-17-28(24-34(30)44)43-46-41(26-11-5-4-6-12-26)45-42(47-43)27-18-21-37-32(23-27)29-13-7-9-15-35(29)48-37/h4-25H,1-3H3. The first-order valence-electron chi connectivity index (χ1n) is 16.8. The van der Waals surface area contributed by atoms with Gasteiger partial charge in [-0.3, -0.25) is 0 Å². The summed E-state index contributed by atoms with van der Waals surface area (Å²) in [4.78, 5) is 15.3. The molecule has 10 rings (SSSR count). The molecule has 5 nitrogen and oxygen atoms in total. The van der Waals surface area contributed by atoms with Crippen LogP contribution in [0.1, 0.15) is 31.9 Å². The molecular formula is C44H31N3O2. The number of hydrogen-bond acceptors (Lipinski definition) is 5. The summed E-state index contributed by atoms with van der Waals surface area (Å²) in [7, 11) is 0. The average molecular weight is 634 g/mol. The van der Waals surface area contributed by atoms with Gasteiger partial charge in [-0.2, -0.15) is 0 Å². The number of benzene rings is 6. The summed E-state index contributed by atoms with van der Waals surface area (Å²) < 4.78 is 12.5. The predicted octanol–water partition coefficient (Wildman–Crippen LogP) is 11.6. The minimum atomic E-state index is -0.223. The Morgan fingerprint density at radius 2 is 1.06 bits per heavy atom. The van der Waals surface area contributed by atoms with Gasteiger partial charge in [-0.1, -0.05) is 106 Å². The van der Waals surface area contributed by atoms with E-state index in [4.69, 9.17) is 23.8 Å². The van der Waals surface area contributed by atoms with Crippen molar-refractivity contribution in [3.63, 3.8) is 0 Å². The third-order valence-electron chi connectivity index (χ3n) is 10.7. The lowest BCUT2D eigenvalue weighted by Crippen LogP contribution is -2.27. The summed E-state index contributed by atoms with van der Waals surface area (Å²) in [6.07, 6.45) is 0. The van der Waals surface area contributed by atoms with E-state index in [1.54, 1.807) is 0 Å². The highest BCUT2D eigenvalue weighted by atomic mass is 16.3. The van der Waals surface area contributed by atoms with Gasteiger partial charge in [0.05, 0.1) is 0 Å². The topological polar surface area (TPSA) is 65.0 Å². The lowest BCUT2D eigenvalue weighted by Gasteiger charge is -2.32. The smallest absolute Gasteiger partial charge is 0.164 e. The first-order valence-corrected chi connectivity index (χ1v) is 16.8. The largest absolute Gasteiger partial charge is 0.456 e. The first-order chi connectivity index (χ1) is 24.0. The van der Waals surface area contributed by atoms with E-state index in [9.17, 15) is 0 Å². The van der Waals surface area contributed by atoms with Crippen LogP contribution in [0, 0.1) is 5.92 Å². The average Bonchev–Trinajstić information content (AvgIpc) is 3.79. The van der Waals surface area contributed by atoms with Crippen molar-refractivity contribution in [3.8, 4) is 45.3 Å². The predicted molar refractivity (Wildman–Crippen MR) is 197 cm³/mol. The number of aromatic nitrogens is 3. The Morgan fingerprint density at radius 3 is 1.82 bits per heavy atom. The minimum Gasteiger partial charge on any atom is -0.456 e. The lowest BCUT2D eigenvalue weighted by atomic mass is 9.71. The highest BCUT2D eigenvalue weighted by Crippen LogP contribution is 2.56. The maximum absolute atomic E-state index is 6.34. The van der Waals surface area contributed by atoms with Gasteiger partial charge in [0.25, 0.3) is 0 Å². The molecule has 0 saturated carbocycles. The van der Waals surface area contributed by atoms with E-state index in [1.807, 2.05) is 66.7 Å². The van der Waals surface area contributed by atoms with E-state index in [2.05, 4.69) is 81.4 Å². The Hall–Kier alpha value is -6.07. The molecule has 6 aromatic carbocycles. The van der Waals surface area contributed by atoms with Crippen LogP contribution in [0.5, 0.6) is 0 Å². The van der Waals surface area contributed by atoms with E-state index in [1.165, 1.54) is 27.6 Å². The summed E-state index contributed by atoms with van der Waals surface area (Å²) in [5.74, 6) is 2.24. The van der Waals surface area contributed by atoms with Gasteiger partial charge in [-0.15, -0.1) is 0 Å². The normalized spacial score (nSPS) is 15.5. The van der Waals surface area contributed by atoms with Crippen molar-refractivity contribution in [2.75, 3.05) is 0 Å². The Morgan fingerprint density at radius 1 is 0.490 bits per heavy atom. The SMILES string of the molecule is CC(C)C1(C)c2cc(-c3nc(-c4ccccc4)nc(-c4ccc5oc6ccccc6c5c4)n3)ccc2-c2c1ccc1oc3ccccc3c21. The molecule has 1 atom stereocenters. The molecule has 0 bridgehead atoms. The highest BCUT2D eigenvalue weighted by molar-refractivity contribution is 6.15. The van der Waals surface area contributed by atoms with Crippen LogP contribution in [-0.2, 0) is 5.41 Å². The quantitative estimate of drug-likeness (QED) is 0.193. The van der Waals surface area contributed by atoms with Crippen molar-refractivity contribution in [2.24, 2.45) is 5.92 Å². The Bertz CT molecular complexity index is 2770. The summed E-state index contributed by atoms with van der Waals surface area (Å²) in [6.45, 7) is 7.00. The van der Waals surface area contributed by atoms with E-state index >= 15 is 0 Å². The number of nitrogens with zero attached hydrogens (tertiary/aromatic N) is 3. The maximum Gasteiger partial charge on any atom is 0.164 e. The summed E-state index contributed by atoms with van der Waals surface area (Å²) >= 11 is 0. The molecule has 5 heteroatoms. The van der Waals surface area contributed by atoms with Crippen LogP contribution in [-0.4, -0.2) is 15.0 Å². The van der Waals surface area contributed by atoms with E-state index in [0.717, 1.165) is 55.2 Å². The molecule has 234 valence electrons. The fraction of sp³-hybridized carbons (Fsp3) is 0.114. The molecule has 1 aliphatic carbocycles. The number of fused-ring (bicyclic) bond motifs is 10. The van der Waals surface area contributed by atoms with Crippen molar-refractivity contribution >= 4 is 43.9 Å². The number of furan rings is 2. The maximum atomic E-state index is 6.34. The monoisotopic (exact) mass is 633 g/mol. The van der Waals surface area contributed by atoms with Crippen molar-refractivity contribution in [1.82, 2.24) is 15.0 Å². The third kappa shape index (κ3) is 4.02. The summed E-state index contributed by atoms with van der Waals surface area (Å²) in [6, 6.07) is 43.9. The van der Waals surface area contributed by atoms with Crippen LogP contribution in [0.4, 0.5) is 0 Å². The second kappa shape index (κ2) is 10.2. The van der Waals surface area contributed by atoms with Crippen molar-refractivity contribution in [1.29, 1.82) is 0 Å². The molecule has 1 unspecified atom stereocenters. The van der Waals surface area contributed by atoms with Crippen molar-refractivity contribution in [3.05, 3.63) is 139 Å². The zero-order chi connectivity index (χ0) is 32.9. The third-order valence-corrected chi connectivity index (χ3v) is 10.7. The molecular weight excluding hydrogens is 603 g/mol. The molecule has 0 fully saturated rings. The molecule has 3 heterocycles. The Balaban J connectivity index is 1.19. The van der Waals surface area contributed by atoms with Crippen LogP contribution < -0.4 is 0 Å². The van der Waals surface area contributed by atoms with Gasteiger partial charge in [0.2, 0.25) is 0 Å². The van der Waals surface area contributed by atoms with E-state index in [-0.39, 0.29) is 5.41 Å². The van der Waals surface area contributed by atoms with Gasteiger partial charge >= 0.3 is 0 Å². The zero-order valence-electron chi connectivity index (χ0n) is 27.4. The van der Waals surface area contributed by atoms with Gasteiger partial charge in [0.15, 0.2) is 17.5 Å². The molecule has 49 heavy (non-hydrogen) atoms. The van der Waals surface area contributed by atoms with Crippen LogP contribution in [0.25, 0.3) is 89.2 Å². The molecule has 0 aliphatic heterocycles. The van der Waals surface area contributed by atoms with Crippen LogP contribution in [0.15, 0.2) is 136 Å². The van der Waals surface area contributed by atoms with Crippen LogP contribution in [0.2, 0.25) is 0 Å². The second-order valence-electron chi connectivity index (χ2n) is 13.6. The lowest BCUT2D eigenvalue weighted by molar-refractivity contribution is 0.414. The highest BCUT2D eigenvalue weighted by Gasteiger charge is 2.43. The fourth-order valence-electron chi connectivity index (χ4n) is 7.84. The molecule has 0 radical (unpaired) electrons. The van der Waals surface area contributed by atoms with Gasteiger partial charge in [0, 0.05) is 43.7 Å². The fourth-order valence-corrected chi connectivity index (χ4v) is 7.84. The molecule has 0 N–H and O–H groups in total. The first kappa shape index (κ1) is 28.0. The summed E-state index contributed by atoms with van der Waals surface area (Å²) in [5, 5.41) is 4.44. The molecule has 0 saturated heterocycles. The summed E-state index contributed by atoms with van der Waals surface area (Å²) in [5.41, 5.74) is 11.2. The van der Waals surface area contributed by atoms with Crippen LogP contribution >= 0.6 is 0 Å². The second-order valence-corrected chi connectivity index (χ2v) is 13.6. The molecule has 9 aromatic rings. The zero-order valence-corrected chi connectivity index (χ0v) is 27.4. The molecule has 3 aromatic heterocycles. The number of hydrogen-bond donors (Lipinski definition) is 0. The van der Waals surface area contributed by atoms with Crippen molar-refractivity contribution in [2.45, 2.75) is 26.2 Å². The van der Waals surface area contributed by atoms with Gasteiger partial charge in [0.1, 0.15) is 22.3 Å². The number of rotatable bonds is 4. The molecule has 0 amide bonds. The minimum absolute atomic E-state index is 0.223. The Kier molecular flexibility index (Phi) is 5.83. The van der Waals surface area contributed by atoms with Gasteiger partial charge < -0.3 is 8.83 Å². The van der Waals surface area contributed by atoms with Gasteiger partial charge in [-0.25, -0.2) is 15.0 Å². The van der Waals surface area contributed by atoms with Gasteiger partial charge in [-0.05, 0) is 70.6 Å².